The fourth-order valence-electron chi connectivity index (χ4n) is 2.50. The lowest BCUT2D eigenvalue weighted by Gasteiger charge is -2.13. The Labute approximate surface area is 155 Å². The van der Waals surface area contributed by atoms with E-state index in [9.17, 15) is 9.59 Å². The van der Waals surface area contributed by atoms with Crippen LogP contribution < -0.4 is 9.75 Å². The van der Waals surface area contributed by atoms with Crippen molar-refractivity contribution in [3.63, 3.8) is 0 Å². The zero-order chi connectivity index (χ0) is 18.7. The third-order valence-corrected chi connectivity index (χ3v) is 4.03. The summed E-state index contributed by atoms with van der Waals surface area (Å²) in [5.41, 5.74) is 2.00. The molecule has 1 aliphatic rings. The maximum Gasteiger partial charge on any atom is 0.341 e. The number of carbonyl (C=O) groups excluding carboxylic acids is 1. The maximum atomic E-state index is 12.8. The van der Waals surface area contributed by atoms with Gasteiger partial charge >= 0.3 is 5.97 Å². The number of hydrogen-bond acceptors (Lipinski definition) is 4. The van der Waals surface area contributed by atoms with Crippen molar-refractivity contribution < 1.29 is 19.4 Å². The molecule has 1 N–H and O–H groups in total. The van der Waals surface area contributed by atoms with E-state index in [2.05, 4.69) is 5.10 Å². The number of anilines is 1. The molecule has 0 saturated carbocycles. The number of halogens is 1. The van der Waals surface area contributed by atoms with Crippen LogP contribution in [0.5, 0.6) is 5.75 Å². The fourth-order valence-corrected chi connectivity index (χ4v) is 2.71. The number of para-hydroxylation sites is 2. The summed E-state index contributed by atoms with van der Waals surface area (Å²) >= 11 is 6.16. The Hall–Kier alpha value is -3.12. The first-order chi connectivity index (χ1) is 12.5. The molecule has 0 spiro atoms. The number of amides is 1. The first-order valence-corrected chi connectivity index (χ1v) is 8.15. The normalized spacial score (nSPS) is 15.3. The number of nitrogens with zero attached hydrogens (tertiary/aromatic N) is 2. The molecule has 0 aromatic heterocycles. The second-order valence-electron chi connectivity index (χ2n) is 5.53. The van der Waals surface area contributed by atoms with E-state index >= 15 is 0 Å². The molecule has 1 aliphatic heterocycles. The van der Waals surface area contributed by atoms with Crippen LogP contribution in [0.25, 0.3) is 6.08 Å². The van der Waals surface area contributed by atoms with Gasteiger partial charge in [0.25, 0.3) is 5.91 Å². The molecule has 0 fully saturated rings. The molecule has 2 aromatic rings. The standard InChI is InChI=1S/C19H15ClN2O4/c1-12-14(10-13-6-2-5-9-17(13)26-11-18(23)24)19(25)22(21-12)16-8-4-3-7-15(16)20/h2-10H,11H2,1H3,(H,23,24). The number of benzene rings is 2. The minimum atomic E-state index is -1.08. The van der Waals surface area contributed by atoms with E-state index in [1.165, 1.54) is 5.01 Å². The zero-order valence-electron chi connectivity index (χ0n) is 13.8. The molecule has 0 bridgehead atoms. The molecular formula is C19H15ClN2O4. The first kappa shape index (κ1) is 17.7. The summed E-state index contributed by atoms with van der Waals surface area (Å²) in [4.78, 5) is 23.5. The molecule has 1 heterocycles. The van der Waals surface area contributed by atoms with Crippen molar-refractivity contribution in [3.05, 3.63) is 64.7 Å². The third-order valence-electron chi connectivity index (χ3n) is 3.71. The minimum Gasteiger partial charge on any atom is -0.481 e. The Morgan fingerprint density at radius 2 is 1.92 bits per heavy atom. The van der Waals surface area contributed by atoms with Gasteiger partial charge in [-0.15, -0.1) is 0 Å². The van der Waals surface area contributed by atoms with E-state index in [0.717, 1.165) is 0 Å². The lowest BCUT2D eigenvalue weighted by molar-refractivity contribution is -0.139. The number of carbonyl (C=O) groups is 2. The van der Waals surface area contributed by atoms with E-state index in [4.69, 9.17) is 21.4 Å². The topological polar surface area (TPSA) is 79.2 Å². The zero-order valence-corrected chi connectivity index (χ0v) is 14.6. The summed E-state index contributed by atoms with van der Waals surface area (Å²) in [6.45, 7) is 1.26. The Kier molecular flexibility index (Phi) is 5.04. The number of carboxylic acid groups (broad SMARTS) is 1. The first-order valence-electron chi connectivity index (χ1n) is 7.77. The van der Waals surface area contributed by atoms with Crippen LogP contribution in [-0.4, -0.2) is 29.3 Å². The van der Waals surface area contributed by atoms with Crippen molar-refractivity contribution in [3.8, 4) is 5.75 Å². The lowest BCUT2D eigenvalue weighted by atomic mass is 10.1. The van der Waals surface area contributed by atoms with Crippen molar-refractivity contribution in [1.29, 1.82) is 0 Å². The van der Waals surface area contributed by atoms with Gasteiger partial charge in [0.15, 0.2) is 6.61 Å². The van der Waals surface area contributed by atoms with E-state index in [1.54, 1.807) is 61.5 Å². The van der Waals surface area contributed by atoms with Gasteiger partial charge in [0.2, 0.25) is 0 Å². The predicted octanol–water partition coefficient (Wildman–Crippen LogP) is 3.61. The smallest absolute Gasteiger partial charge is 0.341 e. The molecule has 7 heteroatoms. The second-order valence-corrected chi connectivity index (χ2v) is 5.94. The number of carboxylic acids is 1. The molecule has 6 nitrogen and oxygen atoms in total. The van der Waals surface area contributed by atoms with Crippen LogP contribution in [0.1, 0.15) is 12.5 Å². The minimum absolute atomic E-state index is 0.316. The largest absolute Gasteiger partial charge is 0.481 e. The summed E-state index contributed by atoms with van der Waals surface area (Å²) in [6, 6.07) is 13.8. The van der Waals surface area contributed by atoms with E-state index < -0.39 is 12.6 Å². The predicted molar refractivity (Wildman–Crippen MR) is 99.6 cm³/mol. The SMILES string of the molecule is CC1=NN(c2ccccc2Cl)C(=O)C1=Cc1ccccc1OCC(=O)O. The molecule has 0 saturated heterocycles. The van der Waals surface area contributed by atoms with Gasteiger partial charge < -0.3 is 9.84 Å². The summed E-state index contributed by atoms with van der Waals surface area (Å²) in [5, 5.41) is 14.8. The third kappa shape index (κ3) is 3.60. The van der Waals surface area contributed by atoms with Crippen molar-refractivity contribution in [2.24, 2.45) is 5.10 Å². The van der Waals surface area contributed by atoms with Crippen molar-refractivity contribution >= 4 is 41.0 Å². The lowest BCUT2D eigenvalue weighted by Crippen LogP contribution is -2.21. The van der Waals surface area contributed by atoms with E-state index in [1.807, 2.05) is 0 Å². The monoisotopic (exact) mass is 370 g/mol. The Bertz CT molecular complexity index is 937. The molecule has 3 rings (SSSR count). The summed E-state index contributed by atoms with van der Waals surface area (Å²) in [5.74, 6) is -1.02. The Balaban J connectivity index is 1.94. The van der Waals surface area contributed by atoms with Gasteiger partial charge in [-0.25, -0.2) is 4.79 Å². The van der Waals surface area contributed by atoms with Crippen LogP contribution >= 0.6 is 11.6 Å². The quantitative estimate of drug-likeness (QED) is 0.815. The summed E-state index contributed by atoms with van der Waals surface area (Å²) in [7, 11) is 0. The number of rotatable bonds is 5. The Morgan fingerprint density at radius 1 is 1.23 bits per heavy atom. The number of hydrogen-bond donors (Lipinski definition) is 1. The highest BCUT2D eigenvalue weighted by Crippen LogP contribution is 2.31. The van der Waals surface area contributed by atoms with Gasteiger partial charge in [-0.05, 0) is 31.2 Å². The van der Waals surface area contributed by atoms with Gasteiger partial charge in [0, 0.05) is 5.56 Å². The van der Waals surface area contributed by atoms with Gasteiger partial charge in [-0.3, -0.25) is 4.79 Å². The number of hydrazone groups is 1. The summed E-state index contributed by atoms with van der Waals surface area (Å²) < 4.78 is 5.28. The maximum absolute atomic E-state index is 12.8. The van der Waals surface area contributed by atoms with Crippen LogP contribution in [0.4, 0.5) is 5.69 Å². The molecule has 0 aliphatic carbocycles. The highest BCUT2D eigenvalue weighted by molar-refractivity contribution is 6.37. The highest BCUT2D eigenvalue weighted by atomic mass is 35.5. The van der Waals surface area contributed by atoms with Gasteiger partial charge in [-0.1, -0.05) is 41.9 Å². The van der Waals surface area contributed by atoms with Gasteiger partial charge in [0.1, 0.15) is 5.75 Å². The van der Waals surface area contributed by atoms with E-state index in [0.29, 0.717) is 33.3 Å². The molecular weight excluding hydrogens is 356 g/mol. The number of aliphatic carboxylic acids is 1. The van der Waals surface area contributed by atoms with Crippen molar-refractivity contribution in [2.45, 2.75) is 6.92 Å². The van der Waals surface area contributed by atoms with Crippen LogP contribution in [0.2, 0.25) is 5.02 Å². The fraction of sp³-hybridized carbons (Fsp3) is 0.105. The molecule has 26 heavy (non-hydrogen) atoms. The Morgan fingerprint density at radius 3 is 2.65 bits per heavy atom. The van der Waals surface area contributed by atoms with Crippen LogP contribution in [0.3, 0.4) is 0 Å². The molecule has 0 unspecified atom stereocenters. The molecule has 0 radical (unpaired) electrons. The van der Waals surface area contributed by atoms with Crippen LogP contribution in [0.15, 0.2) is 59.2 Å². The average Bonchev–Trinajstić information content (AvgIpc) is 2.89. The molecule has 132 valence electrons. The molecule has 0 atom stereocenters. The van der Waals surface area contributed by atoms with Crippen LogP contribution in [0, 0.1) is 0 Å². The van der Waals surface area contributed by atoms with Crippen molar-refractivity contribution in [2.75, 3.05) is 11.6 Å². The highest BCUT2D eigenvalue weighted by Gasteiger charge is 2.30. The van der Waals surface area contributed by atoms with Gasteiger partial charge in [-0.2, -0.15) is 10.1 Å². The van der Waals surface area contributed by atoms with Crippen molar-refractivity contribution in [1.82, 2.24) is 0 Å². The summed E-state index contributed by atoms with van der Waals surface area (Å²) in [6.07, 6.45) is 1.63. The van der Waals surface area contributed by atoms with Crippen LogP contribution in [-0.2, 0) is 9.59 Å². The average molecular weight is 371 g/mol. The molecule has 2 aromatic carbocycles. The molecule has 1 amide bonds. The number of ether oxygens (including phenoxy) is 1. The second kappa shape index (κ2) is 7.41. The van der Waals surface area contributed by atoms with E-state index in [-0.39, 0.29) is 5.91 Å². The van der Waals surface area contributed by atoms with Gasteiger partial charge in [0.05, 0.1) is 22.0 Å².